The molecule has 0 amide bonds. The van der Waals surface area contributed by atoms with Crippen molar-refractivity contribution in [3.05, 3.63) is 0 Å². The second-order valence-corrected chi connectivity index (χ2v) is 5.67. The van der Waals surface area contributed by atoms with Crippen LogP contribution in [0.1, 0.15) is 32.6 Å². The zero-order valence-corrected chi connectivity index (χ0v) is 11.5. The summed E-state index contributed by atoms with van der Waals surface area (Å²) in [4.78, 5) is 5.32. The summed E-state index contributed by atoms with van der Waals surface area (Å²) in [5.74, 6) is 0.899. The molecule has 3 heteroatoms. The van der Waals surface area contributed by atoms with Crippen LogP contribution in [0.4, 0.5) is 0 Å². The predicted molar refractivity (Wildman–Crippen MR) is 73.4 cm³/mol. The molecule has 0 bridgehead atoms. The minimum Gasteiger partial charge on any atom is -0.317 e. The summed E-state index contributed by atoms with van der Waals surface area (Å²) in [5.41, 5.74) is 0. The van der Waals surface area contributed by atoms with E-state index in [2.05, 4.69) is 22.0 Å². The molecular formula is C14H29N3. The van der Waals surface area contributed by atoms with Gasteiger partial charge in [0.2, 0.25) is 0 Å². The largest absolute Gasteiger partial charge is 0.317 e. The smallest absolute Gasteiger partial charge is 0.0109 e. The SMILES string of the molecule is CCNCC1CCN(CCN2CCCCC2)C1. The van der Waals surface area contributed by atoms with Crippen molar-refractivity contribution in [3.63, 3.8) is 0 Å². The summed E-state index contributed by atoms with van der Waals surface area (Å²) in [6.45, 7) is 12.5. The van der Waals surface area contributed by atoms with E-state index in [1.54, 1.807) is 0 Å². The van der Waals surface area contributed by atoms with Crippen molar-refractivity contribution >= 4 is 0 Å². The van der Waals surface area contributed by atoms with Gasteiger partial charge in [0.05, 0.1) is 0 Å². The van der Waals surface area contributed by atoms with Gasteiger partial charge in [-0.1, -0.05) is 13.3 Å². The van der Waals surface area contributed by atoms with Crippen LogP contribution < -0.4 is 5.32 Å². The van der Waals surface area contributed by atoms with Crippen molar-refractivity contribution in [2.24, 2.45) is 5.92 Å². The molecule has 0 aromatic rings. The first-order valence-corrected chi connectivity index (χ1v) is 7.54. The fourth-order valence-corrected chi connectivity index (χ4v) is 3.10. The first-order chi connectivity index (χ1) is 8.38. The Bertz CT molecular complexity index is 202. The number of rotatable bonds is 6. The van der Waals surface area contributed by atoms with E-state index in [4.69, 9.17) is 0 Å². The van der Waals surface area contributed by atoms with Gasteiger partial charge >= 0.3 is 0 Å². The Kier molecular flexibility index (Phi) is 5.75. The normalized spacial score (nSPS) is 27.7. The Labute approximate surface area is 107 Å². The number of hydrogen-bond acceptors (Lipinski definition) is 3. The lowest BCUT2D eigenvalue weighted by Crippen LogP contribution is -2.37. The van der Waals surface area contributed by atoms with E-state index in [0.29, 0.717) is 0 Å². The lowest BCUT2D eigenvalue weighted by atomic mass is 10.1. The molecule has 1 unspecified atom stereocenters. The van der Waals surface area contributed by atoms with Crippen LogP contribution in [0.2, 0.25) is 0 Å². The van der Waals surface area contributed by atoms with Crippen molar-refractivity contribution in [1.82, 2.24) is 15.1 Å². The molecule has 0 spiro atoms. The van der Waals surface area contributed by atoms with Gasteiger partial charge in [0.25, 0.3) is 0 Å². The summed E-state index contributed by atoms with van der Waals surface area (Å²) in [6.07, 6.45) is 5.68. The van der Waals surface area contributed by atoms with Gasteiger partial charge in [0.15, 0.2) is 0 Å². The molecular weight excluding hydrogens is 210 g/mol. The van der Waals surface area contributed by atoms with Crippen LogP contribution in [0.3, 0.4) is 0 Å². The maximum absolute atomic E-state index is 3.48. The van der Waals surface area contributed by atoms with Gasteiger partial charge in [-0.25, -0.2) is 0 Å². The highest BCUT2D eigenvalue weighted by Gasteiger charge is 2.22. The third kappa shape index (κ3) is 4.57. The zero-order chi connectivity index (χ0) is 11.9. The van der Waals surface area contributed by atoms with Crippen molar-refractivity contribution in [2.75, 3.05) is 52.4 Å². The van der Waals surface area contributed by atoms with Gasteiger partial charge < -0.3 is 15.1 Å². The van der Waals surface area contributed by atoms with E-state index in [1.807, 2.05) is 0 Å². The van der Waals surface area contributed by atoms with Crippen molar-refractivity contribution < 1.29 is 0 Å². The minimum atomic E-state index is 0.899. The molecule has 0 radical (unpaired) electrons. The first-order valence-electron chi connectivity index (χ1n) is 7.54. The molecule has 0 aliphatic carbocycles. The lowest BCUT2D eigenvalue weighted by Gasteiger charge is -2.28. The molecule has 17 heavy (non-hydrogen) atoms. The second-order valence-electron chi connectivity index (χ2n) is 5.67. The molecule has 0 aromatic heterocycles. The topological polar surface area (TPSA) is 18.5 Å². The van der Waals surface area contributed by atoms with E-state index < -0.39 is 0 Å². The van der Waals surface area contributed by atoms with Crippen molar-refractivity contribution in [3.8, 4) is 0 Å². The summed E-state index contributed by atoms with van der Waals surface area (Å²) in [6, 6.07) is 0. The highest BCUT2D eigenvalue weighted by Crippen LogP contribution is 2.15. The molecule has 0 saturated carbocycles. The quantitative estimate of drug-likeness (QED) is 0.756. The molecule has 3 nitrogen and oxygen atoms in total. The molecule has 2 fully saturated rings. The maximum atomic E-state index is 3.48. The van der Waals surface area contributed by atoms with Gasteiger partial charge in [0, 0.05) is 19.6 Å². The Balaban J connectivity index is 1.57. The molecule has 100 valence electrons. The van der Waals surface area contributed by atoms with Crippen molar-refractivity contribution in [2.45, 2.75) is 32.6 Å². The minimum absolute atomic E-state index is 0.899. The Hall–Kier alpha value is -0.120. The first kappa shape index (κ1) is 13.3. The van der Waals surface area contributed by atoms with Crippen LogP contribution in [0, 0.1) is 5.92 Å². The van der Waals surface area contributed by atoms with Crippen LogP contribution in [0.5, 0.6) is 0 Å². The third-order valence-corrected chi connectivity index (χ3v) is 4.23. The van der Waals surface area contributed by atoms with E-state index in [1.165, 1.54) is 71.5 Å². The van der Waals surface area contributed by atoms with Gasteiger partial charge in [-0.2, -0.15) is 0 Å². The van der Waals surface area contributed by atoms with Gasteiger partial charge in [-0.05, 0) is 57.9 Å². The molecule has 0 aromatic carbocycles. The van der Waals surface area contributed by atoms with Gasteiger partial charge in [-0.3, -0.25) is 0 Å². The molecule has 2 heterocycles. The molecule has 2 aliphatic heterocycles. The Morgan fingerprint density at radius 1 is 1.00 bits per heavy atom. The fourth-order valence-electron chi connectivity index (χ4n) is 3.10. The average Bonchev–Trinajstić information content (AvgIpc) is 2.83. The third-order valence-electron chi connectivity index (χ3n) is 4.23. The summed E-state index contributed by atoms with van der Waals surface area (Å²) in [5, 5.41) is 3.48. The summed E-state index contributed by atoms with van der Waals surface area (Å²) < 4.78 is 0. The van der Waals surface area contributed by atoms with Gasteiger partial charge in [0.1, 0.15) is 0 Å². The van der Waals surface area contributed by atoms with Crippen LogP contribution in [0.15, 0.2) is 0 Å². The molecule has 1 N–H and O–H groups in total. The van der Waals surface area contributed by atoms with E-state index >= 15 is 0 Å². The van der Waals surface area contributed by atoms with E-state index in [-0.39, 0.29) is 0 Å². The monoisotopic (exact) mass is 239 g/mol. The number of nitrogens with zero attached hydrogens (tertiary/aromatic N) is 2. The molecule has 2 rings (SSSR count). The van der Waals surface area contributed by atoms with Gasteiger partial charge in [-0.15, -0.1) is 0 Å². The average molecular weight is 239 g/mol. The number of piperidine rings is 1. The summed E-state index contributed by atoms with van der Waals surface area (Å²) >= 11 is 0. The highest BCUT2D eigenvalue weighted by molar-refractivity contribution is 4.78. The van der Waals surface area contributed by atoms with E-state index in [9.17, 15) is 0 Å². The molecule has 2 saturated heterocycles. The number of nitrogens with one attached hydrogen (secondary N) is 1. The zero-order valence-electron chi connectivity index (χ0n) is 11.5. The van der Waals surface area contributed by atoms with Crippen molar-refractivity contribution in [1.29, 1.82) is 0 Å². The lowest BCUT2D eigenvalue weighted by molar-refractivity contribution is 0.194. The summed E-state index contributed by atoms with van der Waals surface area (Å²) in [7, 11) is 0. The number of hydrogen-bond donors (Lipinski definition) is 1. The molecule has 2 aliphatic rings. The fraction of sp³-hybridized carbons (Fsp3) is 1.00. The Morgan fingerprint density at radius 3 is 2.53 bits per heavy atom. The van der Waals surface area contributed by atoms with Crippen LogP contribution in [-0.2, 0) is 0 Å². The van der Waals surface area contributed by atoms with Crippen LogP contribution in [0.25, 0.3) is 0 Å². The van der Waals surface area contributed by atoms with Crippen LogP contribution in [-0.4, -0.2) is 62.2 Å². The highest BCUT2D eigenvalue weighted by atomic mass is 15.2. The number of likely N-dealkylation sites (tertiary alicyclic amines) is 2. The second kappa shape index (κ2) is 7.34. The molecule has 1 atom stereocenters. The Morgan fingerprint density at radius 2 is 1.76 bits per heavy atom. The van der Waals surface area contributed by atoms with E-state index in [0.717, 1.165) is 12.5 Å². The standard InChI is InChI=1S/C14H29N3/c1-2-15-12-14-6-9-17(13-14)11-10-16-7-4-3-5-8-16/h14-15H,2-13H2,1H3. The predicted octanol–water partition coefficient (Wildman–Crippen LogP) is 1.40. The van der Waals surface area contributed by atoms with Crippen LogP contribution >= 0.6 is 0 Å². The maximum Gasteiger partial charge on any atom is 0.0109 e.